The number of nitrogens with zero attached hydrogens (tertiary/aromatic N) is 2. The Morgan fingerprint density at radius 3 is 2.84 bits per heavy atom. The molecule has 0 radical (unpaired) electrons. The van der Waals surface area contributed by atoms with Crippen LogP contribution in [-0.2, 0) is 4.79 Å². The standard InChI is InChI=1S/C13H22N2O3S/c1-2-10-4-3-5-14(8-10)13(18)15-6-7-19-9-11(15)12(16)17/h10-11H,2-9H2,1H3,(H,16,17). The maximum absolute atomic E-state index is 12.5. The van der Waals surface area contributed by atoms with Crippen molar-refractivity contribution in [1.29, 1.82) is 0 Å². The van der Waals surface area contributed by atoms with Crippen LogP contribution in [0, 0.1) is 5.92 Å². The summed E-state index contributed by atoms with van der Waals surface area (Å²) in [6.45, 7) is 4.25. The number of carbonyl (C=O) groups is 2. The van der Waals surface area contributed by atoms with Crippen molar-refractivity contribution >= 4 is 23.8 Å². The Morgan fingerprint density at radius 2 is 2.16 bits per heavy atom. The molecular formula is C13H22N2O3S. The van der Waals surface area contributed by atoms with Crippen LogP contribution < -0.4 is 0 Å². The summed E-state index contributed by atoms with van der Waals surface area (Å²) in [5, 5.41) is 9.23. The monoisotopic (exact) mass is 286 g/mol. The van der Waals surface area contributed by atoms with E-state index in [9.17, 15) is 14.7 Å². The van der Waals surface area contributed by atoms with E-state index < -0.39 is 12.0 Å². The van der Waals surface area contributed by atoms with Gasteiger partial charge in [-0.25, -0.2) is 9.59 Å². The number of hydrogen-bond donors (Lipinski definition) is 1. The van der Waals surface area contributed by atoms with Crippen molar-refractivity contribution in [2.45, 2.75) is 32.2 Å². The van der Waals surface area contributed by atoms with Gasteiger partial charge < -0.3 is 14.9 Å². The first-order chi connectivity index (χ1) is 9.13. The van der Waals surface area contributed by atoms with Crippen LogP contribution in [0.1, 0.15) is 26.2 Å². The summed E-state index contributed by atoms with van der Waals surface area (Å²) in [6, 6.07) is -0.737. The predicted molar refractivity (Wildman–Crippen MR) is 75.4 cm³/mol. The molecule has 0 aromatic rings. The summed E-state index contributed by atoms with van der Waals surface area (Å²) in [5.74, 6) is 1.02. The number of carboxylic acid groups (broad SMARTS) is 1. The fraction of sp³-hybridized carbons (Fsp3) is 0.846. The number of aliphatic carboxylic acids is 1. The van der Waals surface area contributed by atoms with Gasteiger partial charge in [-0.05, 0) is 18.8 Å². The summed E-state index contributed by atoms with van der Waals surface area (Å²) < 4.78 is 0. The zero-order chi connectivity index (χ0) is 13.8. The van der Waals surface area contributed by atoms with Gasteiger partial charge in [-0.2, -0.15) is 11.8 Å². The Hall–Kier alpha value is -0.910. The van der Waals surface area contributed by atoms with E-state index >= 15 is 0 Å². The van der Waals surface area contributed by atoms with Crippen molar-refractivity contribution in [3.8, 4) is 0 Å². The van der Waals surface area contributed by atoms with Crippen LogP contribution in [0.25, 0.3) is 0 Å². The van der Waals surface area contributed by atoms with Gasteiger partial charge in [0.2, 0.25) is 0 Å². The van der Waals surface area contributed by atoms with E-state index in [0.717, 1.165) is 31.7 Å². The van der Waals surface area contributed by atoms with Gasteiger partial charge >= 0.3 is 12.0 Å². The van der Waals surface area contributed by atoms with Gasteiger partial charge in [0.1, 0.15) is 6.04 Å². The molecule has 1 N–H and O–H groups in total. The van der Waals surface area contributed by atoms with Crippen molar-refractivity contribution in [1.82, 2.24) is 9.80 Å². The number of rotatable bonds is 2. The molecule has 2 unspecified atom stereocenters. The van der Waals surface area contributed by atoms with Gasteiger partial charge in [-0.15, -0.1) is 0 Å². The normalized spacial score (nSPS) is 28.3. The lowest BCUT2D eigenvalue weighted by Gasteiger charge is -2.39. The highest BCUT2D eigenvalue weighted by Gasteiger charge is 2.35. The molecule has 0 aromatic carbocycles. The number of carboxylic acids is 1. The first-order valence-corrected chi connectivity index (χ1v) is 8.15. The smallest absolute Gasteiger partial charge is 0.327 e. The number of piperidine rings is 1. The van der Waals surface area contributed by atoms with Gasteiger partial charge in [0.15, 0.2) is 0 Å². The van der Waals surface area contributed by atoms with Crippen molar-refractivity contribution in [2.24, 2.45) is 5.92 Å². The Morgan fingerprint density at radius 1 is 1.37 bits per heavy atom. The molecular weight excluding hydrogens is 264 g/mol. The fourth-order valence-corrected chi connectivity index (χ4v) is 3.83. The van der Waals surface area contributed by atoms with Crippen LogP contribution >= 0.6 is 11.8 Å². The molecule has 2 heterocycles. The molecule has 2 rings (SSSR count). The highest BCUT2D eigenvalue weighted by atomic mass is 32.2. The summed E-state index contributed by atoms with van der Waals surface area (Å²) in [6.07, 6.45) is 3.30. The first kappa shape index (κ1) is 14.5. The Balaban J connectivity index is 2.02. The zero-order valence-corrected chi connectivity index (χ0v) is 12.2. The van der Waals surface area contributed by atoms with Gasteiger partial charge in [0.05, 0.1) is 0 Å². The number of thioether (sulfide) groups is 1. The SMILES string of the molecule is CCC1CCCN(C(=O)N2CCSCC2C(=O)O)C1. The molecule has 5 nitrogen and oxygen atoms in total. The molecule has 0 bridgehead atoms. The molecule has 2 fully saturated rings. The van der Waals surface area contributed by atoms with Gasteiger partial charge in [-0.3, -0.25) is 0 Å². The minimum atomic E-state index is -0.885. The van der Waals surface area contributed by atoms with Crippen molar-refractivity contribution in [2.75, 3.05) is 31.1 Å². The molecule has 6 heteroatoms. The van der Waals surface area contributed by atoms with Crippen molar-refractivity contribution in [3.05, 3.63) is 0 Å². The maximum Gasteiger partial charge on any atom is 0.327 e. The summed E-state index contributed by atoms with van der Waals surface area (Å²) in [5.41, 5.74) is 0. The van der Waals surface area contributed by atoms with E-state index in [4.69, 9.17) is 0 Å². The van der Waals surface area contributed by atoms with Gasteiger partial charge in [0, 0.05) is 31.1 Å². The number of likely N-dealkylation sites (tertiary alicyclic amines) is 1. The number of hydrogen-bond acceptors (Lipinski definition) is 3. The third-order valence-electron chi connectivity index (χ3n) is 4.03. The van der Waals surface area contributed by atoms with E-state index in [1.807, 2.05) is 4.90 Å². The van der Waals surface area contributed by atoms with E-state index in [-0.39, 0.29) is 6.03 Å². The van der Waals surface area contributed by atoms with E-state index in [1.54, 1.807) is 16.7 Å². The lowest BCUT2D eigenvalue weighted by molar-refractivity contribution is -0.141. The van der Waals surface area contributed by atoms with Crippen molar-refractivity contribution < 1.29 is 14.7 Å². The van der Waals surface area contributed by atoms with Gasteiger partial charge in [-0.1, -0.05) is 13.3 Å². The lowest BCUT2D eigenvalue weighted by atomic mass is 9.96. The minimum absolute atomic E-state index is 0.0779. The molecule has 0 spiro atoms. The summed E-state index contributed by atoms with van der Waals surface area (Å²) in [7, 11) is 0. The summed E-state index contributed by atoms with van der Waals surface area (Å²) >= 11 is 1.61. The van der Waals surface area contributed by atoms with Crippen LogP contribution in [0.5, 0.6) is 0 Å². The van der Waals surface area contributed by atoms with Crippen LogP contribution in [-0.4, -0.2) is 64.1 Å². The number of carbonyl (C=O) groups excluding carboxylic acids is 1. The largest absolute Gasteiger partial charge is 0.480 e. The molecule has 2 atom stereocenters. The number of urea groups is 1. The Kier molecular flexibility index (Phi) is 4.96. The molecule has 2 aliphatic rings. The average Bonchev–Trinajstić information content (AvgIpc) is 2.46. The molecule has 0 aliphatic carbocycles. The Bertz CT molecular complexity index is 351. The minimum Gasteiger partial charge on any atom is -0.480 e. The fourth-order valence-electron chi connectivity index (χ4n) is 2.79. The molecule has 0 aromatic heterocycles. The topological polar surface area (TPSA) is 60.9 Å². The second-order valence-corrected chi connectivity index (χ2v) is 6.42. The van der Waals surface area contributed by atoms with Crippen LogP contribution in [0.15, 0.2) is 0 Å². The van der Waals surface area contributed by atoms with E-state index in [1.165, 1.54) is 6.42 Å². The molecule has 2 saturated heterocycles. The van der Waals surface area contributed by atoms with Crippen molar-refractivity contribution in [3.63, 3.8) is 0 Å². The molecule has 2 amide bonds. The average molecular weight is 286 g/mol. The summed E-state index contributed by atoms with van der Waals surface area (Å²) in [4.78, 5) is 27.2. The number of amides is 2. The maximum atomic E-state index is 12.5. The highest BCUT2D eigenvalue weighted by molar-refractivity contribution is 7.99. The first-order valence-electron chi connectivity index (χ1n) is 6.99. The quantitative estimate of drug-likeness (QED) is 0.840. The molecule has 0 saturated carbocycles. The second-order valence-electron chi connectivity index (χ2n) is 5.27. The molecule has 19 heavy (non-hydrogen) atoms. The lowest BCUT2D eigenvalue weighted by Crippen LogP contribution is -2.56. The van der Waals surface area contributed by atoms with Crippen LogP contribution in [0.2, 0.25) is 0 Å². The highest BCUT2D eigenvalue weighted by Crippen LogP contribution is 2.23. The van der Waals surface area contributed by atoms with Crippen LogP contribution in [0.4, 0.5) is 4.79 Å². The van der Waals surface area contributed by atoms with Gasteiger partial charge in [0.25, 0.3) is 0 Å². The predicted octanol–water partition coefficient (Wildman–Crippen LogP) is 1.73. The molecule has 2 aliphatic heterocycles. The second kappa shape index (κ2) is 6.50. The van der Waals surface area contributed by atoms with E-state index in [0.29, 0.717) is 18.2 Å². The van der Waals surface area contributed by atoms with E-state index in [2.05, 4.69) is 6.92 Å². The third kappa shape index (κ3) is 3.35. The Labute approximate surface area is 118 Å². The molecule has 108 valence electrons. The zero-order valence-electron chi connectivity index (χ0n) is 11.4. The van der Waals surface area contributed by atoms with Crippen LogP contribution in [0.3, 0.4) is 0 Å². The third-order valence-corrected chi connectivity index (χ3v) is 5.05.